The molecule has 0 spiro atoms. The number of carbonyl (C=O) groups excluding carboxylic acids is 1. The van der Waals surface area contributed by atoms with Gasteiger partial charge in [-0.05, 0) is 50.1 Å². The number of ether oxygens (including phenoxy) is 2. The maximum Gasteiger partial charge on any atom is 0.244 e. The fourth-order valence-corrected chi connectivity index (χ4v) is 2.75. The summed E-state index contributed by atoms with van der Waals surface area (Å²) in [6, 6.07) is 13.3. The molecule has 1 N–H and O–H groups in total. The van der Waals surface area contributed by atoms with E-state index in [2.05, 4.69) is 10.3 Å². The molecule has 1 aromatic heterocycles. The first-order valence-corrected chi connectivity index (χ1v) is 9.39. The minimum Gasteiger partial charge on any atom is -0.490 e. The highest BCUT2D eigenvalue weighted by atomic mass is 16.5. The number of fused-ring (bicyclic) bond motifs is 1. The zero-order valence-corrected chi connectivity index (χ0v) is 16.1. The number of hydrogen-bond donors (Lipinski definition) is 1. The van der Waals surface area contributed by atoms with E-state index in [9.17, 15) is 4.79 Å². The monoisotopic (exact) mass is 380 g/mol. The van der Waals surface area contributed by atoms with Crippen LogP contribution >= 0.6 is 0 Å². The number of hydrogen-bond acceptors (Lipinski definition) is 5. The number of para-hydroxylation sites is 2. The summed E-state index contributed by atoms with van der Waals surface area (Å²) in [5, 5.41) is 2.86. The molecule has 0 radical (unpaired) electrons. The molecule has 1 heterocycles. The Bertz CT molecular complexity index is 929. The molecule has 3 aromatic rings. The Morgan fingerprint density at radius 3 is 2.68 bits per heavy atom. The summed E-state index contributed by atoms with van der Waals surface area (Å²) in [7, 11) is 0. The lowest BCUT2D eigenvalue weighted by molar-refractivity contribution is -0.116. The van der Waals surface area contributed by atoms with Gasteiger partial charge in [0.1, 0.15) is 5.52 Å². The highest BCUT2D eigenvalue weighted by Gasteiger charge is 2.07. The van der Waals surface area contributed by atoms with E-state index in [1.54, 1.807) is 6.08 Å². The van der Waals surface area contributed by atoms with Gasteiger partial charge in [0.15, 0.2) is 17.1 Å². The number of nitrogens with one attached hydrogen (secondary N) is 1. The number of amides is 1. The Hall–Kier alpha value is -3.28. The van der Waals surface area contributed by atoms with Gasteiger partial charge in [-0.1, -0.05) is 18.2 Å². The lowest BCUT2D eigenvalue weighted by Gasteiger charge is -2.12. The first kappa shape index (κ1) is 19.5. The zero-order valence-electron chi connectivity index (χ0n) is 16.1. The van der Waals surface area contributed by atoms with Crippen LogP contribution in [0.3, 0.4) is 0 Å². The quantitative estimate of drug-likeness (QED) is 0.568. The third kappa shape index (κ3) is 5.13. The Morgan fingerprint density at radius 1 is 1.11 bits per heavy atom. The summed E-state index contributed by atoms with van der Waals surface area (Å²) in [5.41, 5.74) is 2.53. The van der Waals surface area contributed by atoms with Crippen LogP contribution in [0, 0.1) is 0 Å². The molecule has 146 valence electrons. The maximum atomic E-state index is 12.0. The number of benzene rings is 2. The highest BCUT2D eigenvalue weighted by Crippen LogP contribution is 2.28. The molecule has 0 unspecified atom stereocenters. The molecule has 2 aromatic carbocycles. The molecule has 28 heavy (non-hydrogen) atoms. The third-order valence-electron chi connectivity index (χ3n) is 4.01. The molecular weight excluding hydrogens is 356 g/mol. The molecule has 0 atom stereocenters. The van der Waals surface area contributed by atoms with Crippen molar-refractivity contribution in [1.82, 2.24) is 10.3 Å². The van der Waals surface area contributed by atoms with Gasteiger partial charge in [0.05, 0.1) is 13.2 Å². The lowest BCUT2D eigenvalue weighted by atomic mass is 10.1. The predicted octanol–water partition coefficient (Wildman–Crippen LogP) is 4.00. The van der Waals surface area contributed by atoms with Gasteiger partial charge in [-0.3, -0.25) is 4.79 Å². The van der Waals surface area contributed by atoms with E-state index in [-0.39, 0.29) is 5.91 Å². The van der Waals surface area contributed by atoms with Gasteiger partial charge in [-0.2, -0.15) is 0 Å². The predicted molar refractivity (Wildman–Crippen MR) is 109 cm³/mol. The summed E-state index contributed by atoms with van der Waals surface area (Å²) in [6.07, 6.45) is 3.68. The van der Waals surface area contributed by atoms with Crippen LogP contribution in [0.2, 0.25) is 0 Å². The molecule has 0 aliphatic rings. The summed E-state index contributed by atoms with van der Waals surface area (Å²) in [6.45, 7) is 5.54. The minimum atomic E-state index is -0.196. The van der Waals surface area contributed by atoms with Gasteiger partial charge in [0.2, 0.25) is 11.8 Å². The van der Waals surface area contributed by atoms with Gasteiger partial charge in [-0.25, -0.2) is 4.98 Å². The van der Waals surface area contributed by atoms with Crippen LogP contribution < -0.4 is 14.8 Å². The molecular formula is C22H24N2O4. The Balaban J connectivity index is 1.52. The van der Waals surface area contributed by atoms with E-state index in [0.717, 1.165) is 22.6 Å². The third-order valence-corrected chi connectivity index (χ3v) is 4.01. The molecule has 3 rings (SSSR count). The topological polar surface area (TPSA) is 73.6 Å². The average molecular weight is 380 g/mol. The molecule has 6 heteroatoms. The zero-order chi connectivity index (χ0) is 19.8. The molecule has 0 aliphatic carbocycles. The number of oxazole rings is 1. The van der Waals surface area contributed by atoms with Crippen molar-refractivity contribution in [3.8, 4) is 11.5 Å². The molecule has 0 saturated carbocycles. The van der Waals surface area contributed by atoms with Gasteiger partial charge in [0.25, 0.3) is 0 Å². The van der Waals surface area contributed by atoms with Crippen molar-refractivity contribution >= 4 is 23.1 Å². The van der Waals surface area contributed by atoms with E-state index in [1.165, 1.54) is 6.08 Å². The van der Waals surface area contributed by atoms with Crippen LogP contribution in [0.5, 0.6) is 11.5 Å². The van der Waals surface area contributed by atoms with Crippen LogP contribution in [-0.2, 0) is 11.2 Å². The minimum absolute atomic E-state index is 0.196. The molecule has 0 bridgehead atoms. The smallest absolute Gasteiger partial charge is 0.244 e. The van der Waals surface area contributed by atoms with Crippen LogP contribution in [-0.4, -0.2) is 30.6 Å². The van der Waals surface area contributed by atoms with E-state index in [0.29, 0.717) is 37.7 Å². The number of carbonyl (C=O) groups is 1. The van der Waals surface area contributed by atoms with Crippen molar-refractivity contribution in [2.45, 2.75) is 20.3 Å². The molecule has 0 aliphatic heterocycles. The average Bonchev–Trinajstić information content (AvgIpc) is 3.12. The summed E-state index contributed by atoms with van der Waals surface area (Å²) in [5.74, 6) is 1.67. The van der Waals surface area contributed by atoms with Crippen molar-refractivity contribution in [2.24, 2.45) is 0 Å². The van der Waals surface area contributed by atoms with E-state index in [1.807, 2.05) is 56.3 Å². The standard InChI is InChI=1S/C22H24N2O4/c1-3-26-19-10-9-16(15-20(19)27-4-2)13-14-23-21(25)11-12-22-24-17-7-5-6-8-18(17)28-22/h5-12,15H,3-4,13-14H2,1-2H3,(H,23,25)/b12-11+. The largest absolute Gasteiger partial charge is 0.490 e. The second-order valence-electron chi connectivity index (χ2n) is 6.04. The van der Waals surface area contributed by atoms with Crippen molar-refractivity contribution < 1.29 is 18.7 Å². The van der Waals surface area contributed by atoms with Crippen molar-refractivity contribution in [2.75, 3.05) is 19.8 Å². The SMILES string of the molecule is CCOc1ccc(CCNC(=O)/C=C/c2nc3ccccc3o2)cc1OCC. The lowest BCUT2D eigenvalue weighted by Crippen LogP contribution is -2.23. The van der Waals surface area contributed by atoms with Gasteiger partial charge in [-0.15, -0.1) is 0 Å². The van der Waals surface area contributed by atoms with Gasteiger partial charge in [0, 0.05) is 18.7 Å². The maximum absolute atomic E-state index is 12.0. The number of rotatable bonds is 9. The van der Waals surface area contributed by atoms with Crippen LogP contribution in [0.25, 0.3) is 17.2 Å². The van der Waals surface area contributed by atoms with Crippen LogP contribution in [0.4, 0.5) is 0 Å². The molecule has 0 saturated heterocycles. The first-order valence-electron chi connectivity index (χ1n) is 9.39. The number of nitrogens with zero attached hydrogens (tertiary/aromatic N) is 1. The Labute approximate surface area is 164 Å². The summed E-state index contributed by atoms with van der Waals surface area (Å²) < 4.78 is 16.7. The van der Waals surface area contributed by atoms with E-state index < -0.39 is 0 Å². The Kier molecular flexibility index (Phi) is 6.68. The normalized spacial score (nSPS) is 11.1. The molecule has 1 amide bonds. The Morgan fingerprint density at radius 2 is 1.89 bits per heavy atom. The first-order chi connectivity index (χ1) is 13.7. The second kappa shape index (κ2) is 9.60. The summed E-state index contributed by atoms with van der Waals surface area (Å²) >= 11 is 0. The van der Waals surface area contributed by atoms with Crippen molar-refractivity contribution in [1.29, 1.82) is 0 Å². The van der Waals surface area contributed by atoms with Crippen LogP contribution in [0.1, 0.15) is 25.3 Å². The van der Waals surface area contributed by atoms with Crippen molar-refractivity contribution in [3.63, 3.8) is 0 Å². The van der Waals surface area contributed by atoms with E-state index >= 15 is 0 Å². The molecule has 0 fully saturated rings. The van der Waals surface area contributed by atoms with Crippen LogP contribution in [0.15, 0.2) is 53.0 Å². The molecule has 6 nitrogen and oxygen atoms in total. The highest BCUT2D eigenvalue weighted by molar-refractivity contribution is 5.91. The fourth-order valence-electron chi connectivity index (χ4n) is 2.75. The van der Waals surface area contributed by atoms with Gasteiger partial charge >= 0.3 is 0 Å². The second-order valence-corrected chi connectivity index (χ2v) is 6.04. The fraction of sp³-hybridized carbons (Fsp3) is 0.273. The summed E-state index contributed by atoms with van der Waals surface area (Å²) in [4.78, 5) is 16.3. The number of aromatic nitrogens is 1. The van der Waals surface area contributed by atoms with Crippen molar-refractivity contribution in [3.05, 3.63) is 60.0 Å². The van der Waals surface area contributed by atoms with E-state index in [4.69, 9.17) is 13.9 Å². The van der Waals surface area contributed by atoms with Gasteiger partial charge < -0.3 is 19.2 Å².